The van der Waals surface area contributed by atoms with Crippen LogP contribution in [0.4, 0.5) is 0 Å². The maximum atomic E-state index is 12.3. The zero-order valence-corrected chi connectivity index (χ0v) is 14.0. The van der Waals surface area contributed by atoms with Gasteiger partial charge in [-0.3, -0.25) is 4.79 Å². The molecule has 3 nitrogen and oxygen atoms in total. The molecule has 0 saturated heterocycles. The molecule has 0 N–H and O–H groups in total. The third-order valence-electron chi connectivity index (χ3n) is 3.69. The summed E-state index contributed by atoms with van der Waals surface area (Å²) in [6.45, 7) is 2.14. The Bertz CT molecular complexity index is 866. The highest BCUT2D eigenvalue weighted by molar-refractivity contribution is 7.17. The van der Waals surface area contributed by atoms with Gasteiger partial charge in [-0.05, 0) is 47.9 Å². The fourth-order valence-electron chi connectivity index (χ4n) is 2.42. The molecule has 0 atom stereocenters. The number of aryl methyl sites for hydroxylation is 1. The molecule has 4 heteroatoms. The van der Waals surface area contributed by atoms with Gasteiger partial charge < -0.3 is 4.74 Å². The largest absolute Gasteiger partial charge is 0.457 e. The van der Waals surface area contributed by atoms with E-state index in [0.29, 0.717) is 10.4 Å². The Hall–Kier alpha value is -2.72. The molecule has 3 rings (SSSR count). The van der Waals surface area contributed by atoms with Crippen LogP contribution in [0.15, 0.2) is 60.7 Å². The van der Waals surface area contributed by atoms with E-state index in [0.717, 1.165) is 27.9 Å². The smallest absolute Gasteiger partial charge is 0.338 e. The summed E-state index contributed by atoms with van der Waals surface area (Å²) in [5, 5.41) is 0. The number of hydrogen-bond donors (Lipinski definition) is 0. The molecule has 0 spiro atoms. The molecule has 24 heavy (non-hydrogen) atoms. The van der Waals surface area contributed by atoms with Gasteiger partial charge in [0, 0.05) is 4.88 Å². The van der Waals surface area contributed by atoms with E-state index in [-0.39, 0.29) is 12.6 Å². The molecule has 1 aromatic heterocycles. The van der Waals surface area contributed by atoms with Gasteiger partial charge >= 0.3 is 5.97 Å². The molecule has 3 aromatic rings. The average molecular weight is 336 g/mol. The van der Waals surface area contributed by atoms with Gasteiger partial charge in [0.25, 0.3) is 0 Å². The molecule has 120 valence electrons. The molecule has 0 aliphatic rings. The number of rotatable bonds is 5. The second-order valence-corrected chi connectivity index (χ2v) is 6.53. The molecule has 2 aromatic carbocycles. The summed E-state index contributed by atoms with van der Waals surface area (Å²) in [4.78, 5) is 24.8. The number of benzene rings is 2. The number of thiophene rings is 1. The fourth-order valence-corrected chi connectivity index (χ4v) is 3.24. The van der Waals surface area contributed by atoms with Crippen LogP contribution in [0.2, 0.25) is 0 Å². The van der Waals surface area contributed by atoms with E-state index in [2.05, 4.69) is 0 Å². The minimum atomic E-state index is -0.331. The lowest BCUT2D eigenvalue weighted by atomic mass is 10.0. The summed E-state index contributed by atoms with van der Waals surface area (Å²) in [5.41, 5.74) is 3.36. The number of ether oxygens (including phenoxy) is 1. The lowest BCUT2D eigenvalue weighted by molar-refractivity contribution is 0.0472. The maximum Gasteiger partial charge on any atom is 0.338 e. The number of esters is 1. The van der Waals surface area contributed by atoms with E-state index in [1.165, 1.54) is 11.3 Å². The van der Waals surface area contributed by atoms with Crippen LogP contribution >= 0.6 is 11.3 Å². The summed E-state index contributed by atoms with van der Waals surface area (Å²) >= 11 is 1.43. The Morgan fingerprint density at radius 1 is 1.08 bits per heavy atom. The monoisotopic (exact) mass is 336 g/mol. The van der Waals surface area contributed by atoms with Crippen LogP contribution in [-0.4, -0.2) is 12.3 Å². The van der Waals surface area contributed by atoms with Crippen molar-refractivity contribution in [3.8, 4) is 10.4 Å². The summed E-state index contributed by atoms with van der Waals surface area (Å²) < 4.78 is 5.38. The van der Waals surface area contributed by atoms with Crippen LogP contribution in [0.1, 0.15) is 31.2 Å². The minimum absolute atomic E-state index is 0.258. The second-order valence-electron chi connectivity index (χ2n) is 5.41. The van der Waals surface area contributed by atoms with Crippen molar-refractivity contribution in [2.75, 3.05) is 0 Å². The van der Waals surface area contributed by atoms with E-state index in [4.69, 9.17) is 4.74 Å². The van der Waals surface area contributed by atoms with E-state index in [1.54, 1.807) is 12.1 Å². The van der Waals surface area contributed by atoms with Crippen molar-refractivity contribution in [2.45, 2.75) is 13.5 Å². The van der Waals surface area contributed by atoms with Gasteiger partial charge in [0.2, 0.25) is 0 Å². The topological polar surface area (TPSA) is 43.4 Å². The standard InChI is InChI=1S/C20H16O3S/c1-14-11-16(19-10-8-17(12-21)24-19)7-9-18(14)20(22)23-13-15-5-3-2-4-6-15/h2-12H,13H2,1H3. The Balaban J connectivity index is 1.74. The van der Waals surface area contributed by atoms with Crippen LogP contribution in [-0.2, 0) is 11.3 Å². The predicted octanol–water partition coefficient (Wildman–Crippen LogP) is 4.89. The predicted molar refractivity (Wildman–Crippen MR) is 95.4 cm³/mol. The van der Waals surface area contributed by atoms with E-state index < -0.39 is 0 Å². The average Bonchev–Trinajstić information content (AvgIpc) is 3.09. The lowest BCUT2D eigenvalue weighted by Gasteiger charge is -2.08. The quantitative estimate of drug-likeness (QED) is 0.492. The molecule has 1 heterocycles. The van der Waals surface area contributed by atoms with Gasteiger partial charge in [-0.1, -0.05) is 36.4 Å². The molecule has 0 aliphatic heterocycles. The van der Waals surface area contributed by atoms with E-state index in [1.807, 2.05) is 55.5 Å². The van der Waals surface area contributed by atoms with Crippen molar-refractivity contribution in [1.29, 1.82) is 0 Å². The van der Waals surface area contributed by atoms with Gasteiger partial charge in [0.15, 0.2) is 6.29 Å². The zero-order valence-electron chi connectivity index (χ0n) is 13.2. The second kappa shape index (κ2) is 7.23. The van der Waals surface area contributed by atoms with Gasteiger partial charge in [0.1, 0.15) is 6.61 Å². The van der Waals surface area contributed by atoms with Crippen LogP contribution < -0.4 is 0 Å². The normalized spacial score (nSPS) is 10.4. The first-order valence-electron chi connectivity index (χ1n) is 7.54. The first-order valence-corrected chi connectivity index (χ1v) is 8.36. The Morgan fingerprint density at radius 3 is 2.54 bits per heavy atom. The number of hydrogen-bond acceptors (Lipinski definition) is 4. The van der Waals surface area contributed by atoms with Gasteiger partial charge in [-0.25, -0.2) is 4.79 Å². The van der Waals surface area contributed by atoms with Crippen LogP contribution in [0.25, 0.3) is 10.4 Å². The molecule has 0 amide bonds. The van der Waals surface area contributed by atoms with Crippen LogP contribution in [0, 0.1) is 6.92 Å². The molecule has 0 bridgehead atoms. The summed E-state index contributed by atoms with van der Waals surface area (Å²) in [7, 11) is 0. The highest BCUT2D eigenvalue weighted by atomic mass is 32.1. The molecule has 0 saturated carbocycles. The SMILES string of the molecule is Cc1cc(-c2ccc(C=O)s2)ccc1C(=O)OCc1ccccc1. The highest BCUT2D eigenvalue weighted by Gasteiger charge is 2.12. The summed E-state index contributed by atoms with van der Waals surface area (Å²) in [6.07, 6.45) is 0.844. The first kappa shape index (κ1) is 16.1. The first-order chi connectivity index (χ1) is 11.7. The molecule has 0 fully saturated rings. The number of carbonyl (C=O) groups is 2. The third kappa shape index (κ3) is 3.60. The van der Waals surface area contributed by atoms with Crippen molar-refractivity contribution in [3.63, 3.8) is 0 Å². The number of aldehydes is 1. The van der Waals surface area contributed by atoms with Crippen LogP contribution in [0.3, 0.4) is 0 Å². The molecular weight excluding hydrogens is 320 g/mol. The van der Waals surface area contributed by atoms with Gasteiger partial charge in [-0.2, -0.15) is 0 Å². The molecular formula is C20H16O3S. The molecule has 0 radical (unpaired) electrons. The Kier molecular flexibility index (Phi) is 4.87. The summed E-state index contributed by atoms with van der Waals surface area (Å²) in [6, 6.07) is 18.9. The zero-order chi connectivity index (χ0) is 16.9. The number of carbonyl (C=O) groups excluding carboxylic acids is 2. The summed E-state index contributed by atoms with van der Waals surface area (Å²) in [5.74, 6) is -0.331. The minimum Gasteiger partial charge on any atom is -0.457 e. The van der Waals surface area contributed by atoms with Gasteiger partial charge in [-0.15, -0.1) is 11.3 Å². The van der Waals surface area contributed by atoms with E-state index >= 15 is 0 Å². The lowest BCUT2D eigenvalue weighted by Crippen LogP contribution is -2.07. The van der Waals surface area contributed by atoms with Crippen LogP contribution in [0.5, 0.6) is 0 Å². The van der Waals surface area contributed by atoms with Crippen molar-refractivity contribution >= 4 is 23.6 Å². The van der Waals surface area contributed by atoms with Gasteiger partial charge in [0.05, 0.1) is 10.4 Å². The Labute approximate surface area is 144 Å². The Morgan fingerprint density at radius 2 is 1.88 bits per heavy atom. The molecule has 0 unspecified atom stereocenters. The molecule has 0 aliphatic carbocycles. The highest BCUT2D eigenvalue weighted by Crippen LogP contribution is 2.29. The van der Waals surface area contributed by atoms with Crippen molar-refractivity contribution in [2.24, 2.45) is 0 Å². The van der Waals surface area contributed by atoms with Crippen molar-refractivity contribution in [1.82, 2.24) is 0 Å². The maximum absolute atomic E-state index is 12.3. The van der Waals surface area contributed by atoms with Crippen molar-refractivity contribution < 1.29 is 14.3 Å². The third-order valence-corrected chi connectivity index (χ3v) is 4.75. The van der Waals surface area contributed by atoms with Crippen molar-refractivity contribution in [3.05, 3.63) is 82.2 Å². The van der Waals surface area contributed by atoms with E-state index in [9.17, 15) is 9.59 Å². The fraction of sp³-hybridized carbons (Fsp3) is 0.100.